The van der Waals surface area contributed by atoms with Gasteiger partial charge in [0.2, 0.25) is 0 Å². The molecule has 0 atom stereocenters. The fraction of sp³-hybridized carbons (Fsp3) is 0.300. The lowest BCUT2D eigenvalue weighted by atomic mass is 10.1. The number of carbonyl (C=O) groups is 2. The number of benzene rings is 2. The highest BCUT2D eigenvalue weighted by atomic mass is 32.2. The number of anilines is 1. The Bertz CT molecular complexity index is 1030. The van der Waals surface area contributed by atoms with E-state index in [0.717, 1.165) is 0 Å². The van der Waals surface area contributed by atoms with Gasteiger partial charge in [0, 0.05) is 18.8 Å². The second kappa shape index (κ2) is 9.14. The number of ether oxygens (including phenoxy) is 3. The summed E-state index contributed by atoms with van der Waals surface area (Å²) in [5, 5.41) is 0. The first-order valence-corrected chi connectivity index (χ1v) is 10.6. The molecule has 2 aromatic rings. The summed E-state index contributed by atoms with van der Waals surface area (Å²) in [4.78, 5) is 25.9. The highest BCUT2D eigenvalue weighted by Gasteiger charge is 2.25. The number of hydrogen-bond acceptors (Lipinski definition) is 7. The predicted molar refractivity (Wildman–Crippen MR) is 108 cm³/mol. The molecular formula is C20H22N2O7S. The maximum absolute atomic E-state index is 12.9. The zero-order valence-electron chi connectivity index (χ0n) is 16.6. The predicted octanol–water partition coefficient (Wildman–Crippen LogP) is 1.75. The Balaban J connectivity index is 1.86. The fourth-order valence-electron chi connectivity index (χ4n) is 2.96. The van der Waals surface area contributed by atoms with E-state index in [1.165, 1.54) is 56.7 Å². The molecule has 0 bridgehead atoms. The number of rotatable bonds is 6. The molecule has 2 aromatic carbocycles. The van der Waals surface area contributed by atoms with Crippen molar-refractivity contribution in [3.8, 4) is 5.75 Å². The number of esters is 1. The van der Waals surface area contributed by atoms with Crippen LogP contribution in [0.3, 0.4) is 0 Å². The lowest BCUT2D eigenvalue weighted by Crippen LogP contribution is -2.40. The van der Waals surface area contributed by atoms with Crippen LogP contribution in [-0.2, 0) is 19.5 Å². The molecule has 1 aliphatic rings. The topological polar surface area (TPSA) is 111 Å². The summed E-state index contributed by atoms with van der Waals surface area (Å²) >= 11 is 0. The Hall–Kier alpha value is -3.11. The molecule has 0 saturated carbocycles. The van der Waals surface area contributed by atoms with Crippen molar-refractivity contribution in [2.24, 2.45) is 0 Å². The van der Waals surface area contributed by atoms with E-state index in [0.29, 0.717) is 31.9 Å². The van der Waals surface area contributed by atoms with Crippen LogP contribution in [0.4, 0.5) is 5.69 Å². The van der Waals surface area contributed by atoms with E-state index in [2.05, 4.69) is 9.46 Å². The summed E-state index contributed by atoms with van der Waals surface area (Å²) in [5.41, 5.74) is 0.714. The third-order valence-electron chi connectivity index (χ3n) is 4.57. The van der Waals surface area contributed by atoms with Crippen LogP contribution in [0.1, 0.15) is 20.7 Å². The van der Waals surface area contributed by atoms with Crippen LogP contribution in [0.5, 0.6) is 5.75 Å². The van der Waals surface area contributed by atoms with Gasteiger partial charge in [-0.3, -0.25) is 9.52 Å². The van der Waals surface area contributed by atoms with Crippen LogP contribution in [0, 0.1) is 0 Å². The third kappa shape index (κ3) is 4.71. The summed E-state index contributed by atoms with van der Waals surface area (Å²) in [6, 6.07) is 9.90. The molecule has 3 rings (SSSR count). The molecule has 1 amide bonds. The normalized spacial score (nSPS) is 14.1. The fourth-order valence-corrected chi connectivity index (χ4v) is 4.05. The largest absolute Gasteiger partial charge is 0.496 e. The standard InChI is InChI=1S/C20H22N2O7S/c1-27-18-8-7-16(13-17(18)19(23)22-9-11-29-12-10-22)30(25,26)21-15-5-3-14(4-6-15)20(24)28-2/h3-8,13,21H,9-12H2,1-2H3. The molecule has 0 aromatic heterocycles. The maximum Gasteiger partial charge on any atom is 0.337 e. The van der Waals surface area contributed by atoms with Gasteiger partial charge in [-0.15, -0.1) is 0 Å². The zero-order chi connectivity index (χ0) is 21.7. The van der Waals surface area contributed by atoms with Gasteiger partial charge >= 0.3 is 5.97 Å². The molecule has 10 heteroatoms. The number of carbonyl (C=O) groups excluding carboxylic acids is 2. The minimum absolute atomic E-state index is 0.0862. The summed E-state index contributed by atoms with van der Waals surface area (Å²) in [5.74, 6) is -0.562. The van der Waals surface area contributed by atoms with Crippen molar-refractivity contribution in [3.05, 3.63) is 53.6 Å². The van der Waals surface area contributed by atoms with Gasteiger partial charge in [-0.1, -0.05) is 0 Å². The van der Waals surface area contributed by atoms with Crippen molar-refractivity contribution in [2.45, 2.75) is 4.90 Å². The Kier molecular flexibility index (Phi) is 6.58. The number of sulfonamides is 1. The first-order valence-electron chi connectivity index (χ1n) is 9.12. The number of amides is 1. The molecule has 30 heavy (non-hydrogen) atoms. The van der Waals surface area contributed by atoms with Crippen LogP contribution >= 0.6 is 0 Å². The molecule has 1 fully saturated rings. The molecule has 160 valence electrons. The van der Waals surface area contributed by atoms with E-state index in [1.54, 1.807) is 4.90 Å². The lowest BCUT2D eigenvalue weighted by Gasteiger charge is -2.27. The molecule has 9 nitrogen and oxygen atoms in total. The van der Waals surface area contributed by atoms with E-state index in [9.17, 15) is 18.0 Å². The first-order chi connectivity index (χ1) is 14.4. The molecule has 0 spiro atoms. The molecule has 1 saturated heterocycles. The molecule has 1 heterocycles. The van der Waals surface area contributed by atoms with Gasteiger partial charge in [0.1, 0.15) is 5.75 Å². The summed E-state index contributed by atoms with van der Waals surface area (Å²) in [6.07, 6.45) is 0. The van der Waals surface area contributed by atoms with Gasteiger partial charge < -0.3 is 19.1 Å². The van der Waals surface area contributed by atoms with Crippen LogP contribution in [0.25, 0.3) is 0 Å². The van der Waals surface area contributed by atoms with Crippen molar-refractivity contribution in [3.63, 3.8) is 0 Å². The van der Waals surface area contributed by atoms with Crippen molar-refractivity contribution < 1.29 is 32.2 Å². The number of nitrogens with one attached hydrogen (secondary N) is 1. The molecule has 0 aliphatic carbocycles. The molecular weight excluding hydrogens is 412 g/mol. The minimum Gasteiger partial charge on any atom is -0.496 e. The highest BCUT2D eigenvalue weighted by molar-refractivity contribution is 7.92. The van der Waals surface area contributed by atoms with Gasteiger partial charge in [0.25, 0.3) is 15.9 Å². The average Bonchev–Trinajstić information content (AvgIpc) is 2.78. The van der Waals surface area contributed by atoms with Gasteiger partial charge in [0.15, 0.2) is 0 Å². The van der Waals surface area contributed by atoms with Crippen molar-refractivity contribution >= 4 is 27.6 Å². The van der Waals surface area contributed by atoms with Crippen LogP contribution in [-0.4, -0.2) is 65.7 Å². The van der Waals surface area contributed by atoms with E-state index < -0.39 is 16.0 Å². The molecule has 1 N–H and O–H groups in total. The van der Waals surface area contributed by atoms with Crippen LogP contribution in [0.2, 0.25) is 0 Å². The molecule has 0 unspecified atom stereocenters. The SMILES string of the molecule is COC(=O)c1ccc(NS(=O)(=O)c2ccc(OC)c(C(=O)N3CCOCC3)c2)cc1. The number of nitrogens with zero attached hydrogens (tertiary/aromatic N) is 1. The molecule has 1 aliphatic heterocycles. The summed E-state index contributed by atoms with van der Waals surface area (Å²) in [7, 11) is -1.30. The van der Waals surface area contributed by atoms with Gasteiger partial charge in [-0.2, -0.15) is 0 Å². The highest BCUT2D eigenvalue weighted by Crippen LogP contribution is 2.26. The van der Waals surface area contributed by atoms with Crippen LogP contribution in [0.15, 0.2) is 47.4 Å². The third-order valence-corrected chi connectivity index (χ3v) is 5.95. The number of methoxy groups -OCH3 is 2. The van der Waals surface area contributed by atoms with Crippen molar-refractivity contribution in [1.82, 2.24) is 4.90 Å². The lowest BCUT2D eigenvalue weighted by molar-refractivity contribution is 0.0300. The van der Waals surface area contributed by atoms with Crippen molar-refractivity contribution in [2.75, 3.05) is 45.2 Å². The van der Waals surface area contributed by atoms with Crippen LogP contribution < -0.4 is 9.46 Å². The van der Waals surface area contributed by atoms with E-state index in [-0.39, 0.29) is 27.8 Å². The van der Waals surface area contributed by atoms with E-state index >= 15 is 0 Å². The Morgan fingerprint density at radius 2 is 1.70 bits per heavy atom. The summed E-state index contributed by atoms with van der Waals surface area (Å²) < 4.78 is 43.2. The second-order valence-corrected chi connectivity index (χ2v) is 8.12. The Morgan fingerprint density at radius 1 is 1.03 bits per heavy atom. The van der Waals surface area contributed by atoms with Gasteiger partial charge in [-0.05, 0) is 42.5 Å². The van der Waals surface area contributed by atoms with Crippen molar-refractivity contribution in [1.29, 1.82) is 0 Å². The minimum atomic E-state index is -3.98. The first kappa shape index (κ1) is 21.6. The molecule has 0 radical (unpaired) electrons. The van der Waals surface area contributed by atoms with Gasteiger partial charge in [0.05, 0.1) is 43.5 Å². The zero-order valence-corrected chi connectivity index (χ0v) is 17.4. The average molecular weight is 434 g/mol. The van der Waals surface area contributed by atoms with E-state index in [4.69, 9.17) is 9.47 Å². The summed E-state index contributed by atoms with van der Waals surface area (Å²) in [6.45, 7) is 1.69. The second-order valence-electron chi connectivity index (χ2n) is 6.44. The van der Waals surface area contributed by atoms with E-state index in [1.807, 2.05) is 0 Å². The number of hydrogen-bond donors (Lipinski definition) is 1. The number of morpholine rings is 1. The quantitative estimate of drug-likeness (QED) is 0.690. The maximum atomic E-state index is 12.9. The Labute approximate surface area is 174 Å². The monoisotopic (exact) mass is 434 g/mol. The smallest absolute Gasteiger partial charge is 0.337 e. The Morgan fingerprint density at radius 3 is 2.30 bits per heavy atom. The van der Waals surface area contributed by atoms with Gasteiger partial charge in [-0.25, -0.2) is 13.2 Å².